The molecule has 1 aromatic carbocycles. The Bertz CT molecular complexity index is 459. The minimum absolute atomic E-state index is 0.119. The fourth-order valence-corrected chi connectivity index (χ4v) is 2.38. The summed E-state index contributed by atoms with van der Waals surface area (Å²) < 4.78 is 27.1. The van der Waals surface area contributed by atoms with E-state index in [0.29, 0.717) is 13.1 Å². The molecule has 0 bridgehead atoms. The van der Waals surface area contributed by atoms with Gasteiger partial charge in [-0.2, -0.15) is 0 Å². The topological polar surface area (TPSA) is 53.1 Å². The molecule has 1 heterocycles. The molecule has 0 aromatic heterocycles. The summed E-state index contributed by atoms with van der Waals surface area (Å²) in [6, 6.07) is 3.93. The van der Waals surface area contributed by atoms with Crippen LogP contribution in [0.5, 0.6) is 0 Å². The van der Waals surface area contributed by atoms with Crippen LogP contribution in [0, 0.1) is 22.5 Å². The number of halogens is 2. The average Bonchev–Trinajstić information content (AvgIpc) is 2.36. The number of hydrogen-bond donors (Lipinski definition) is 2. The Morgan fingerprint density at radius 3 is 2.32 bits per heavy atom. The lowest BCUT2D eigenvalue weighted by Gasteiger charge is -2.38. The van der Waals surface area contributed by atoms with Gasteiger partial charge in [-0.3, -0.25) is 10.3 Å². The summed E-state index contributed by atoms with van der Waals surface area (Å²) in [6.45, 7) is 3.64. The predicted molar refractivity (Wildman–Crippen MR) is 70.9 cm³/mol. The highest BCUT2D eigenvalue weighted by atomic mass is 19.1. The van der Waals surface area contributed by atoms with E-state index in [4.69, 9.17) is 11.1 Å². The highest BCUT2D eigenvalue weighted by Gasteiger charge is 2.33. The molecule has 0 atom stereocenters. The van der Waals surface area contributed by atoms with Gasteiger partial charge in [-0.15, -0.1) is 0 Å². The second-order valence-corrected chi connectivity index (χ2v) is 5.45. The van der Waals surface area contributed by atoms with Crippen LogP contribution in [0.25, 0.3) is 0 Å². The van der Waals surface area contributed by atoms with Gasteiger partial charge in [0.05, 0.1) is 5.84 Å². The maximum atomic E-state index is 13.6. The van der Waals surface area contributed by atoms with Gasteiger partial charge in [0.15, 0.2) is 0 Å². The predicted octanol–water partition coefficient (Wildman–Crippen LogP) is 2.50. The van der Waals surface area contributed by atoms with E-state index in [-0.39, 0.29) is 23.4 Å². The third kappa shape index (κ3) is 2.92. The first-order valence-electron chi connectivity index (χ1n) is 6.42. The molecule has 19 heavy (non-hydrogen) atoms. The molecule has 1 aliphatic rings. The Kier molecular flexibility index (Phi) is 3.85. The van der Waals surface area contributed by atoms with E-state index < -0.39 is 11.6 Å². The van der Waals surface area contributed by atoms with Crippen molar-refractivity contribution in [3.63, 3.8) is 0 Å². The van der Waals surface area contributed by atoms with Crippen molar-refractivity contribution in [2.75, 3.05) is 13.1 Å². The molecular formula is C14H19F2N3. The summed E-state index contributed by atoms with van der Waals surface area (Å²) in [5, 5.41) is 7.58. The van der Waals surface area contributed by atoms with Crippen molar-refractivity contribution in [1.82, 2.24) is 4.90 Å². The zero-order chi connectivity index (χ0) is 14.0. The largest absolute Gasteiger partial charge is 0.387 e. The summed E-state index contributed by atoms with van der Waals surface area (Å²) >= 11 is 0. The number of benzene rings is 1. The first-order valence-corrected chi connectivity index (χ1v) is 6.42. The molecule has 2 rings (SSSR count). The number of piperidine rings is 1. The van der Waals surface area contributed by atoms with Gasteiger partial charge >= 0.3 is 0 Å². The van der Waals surface area contributed by atoms with Crippen LogP contribution in [-0.4, -0.2) is 23.8 Å². The molecule has 3 N–H and O–H groups in total. The summed E-state index contributed by atoms with van der Waals surface area (Å²) in [5.74, 6) is -0.802. The smallest absolute Gasteiger partial charge is 0.130 e. The van der Waals surface area contributed by atoms with Crippen molar-refractivity contribution in [3.8, 4) is 0 Å². The third-order valence-corrected chi connectivity index (χ3v) is 4.05. The number of nitrogens with two attached hydrogens (primary N) is 1. The highest BCUT2D eigenvalue weighted by molar-refractivity contribution is 5.83. The SMILES string of the molecule is CC1(C(=N)N)CCN(Cc2c(F)cccc2F)CC1. The van der Waals surface area contributed by atoms with Crippen molar-refractivity contribution in [2.24, 2.45) is 11.1 Å². The van der Waals surface area contributed by atoms with E-state index in [1.54, 1.807) is 0 Å². The summed E-state index contributed by atoms with van der Waals surface area (Å²) in [6.07, 6.45) is 1.50. The van der Waals surface area contributed by atoms with Gasteiger partial charge < -0.3 is 5.73 Å². The van der Waals surface area contributed by atoms with Crippen LogP contribution in [0.4, 0.5) is 8.78 Å². The number of rotatable bonds is 3. The second-order valence-electron chi connectivity index (χ2n) is 5.45. The van der Waals surface area contributed by atoms with Crippen LogP contribution in [0.1, 0.15) is 25.3 Å². The van der Waals surface area contributed by atoms with Gasteiger partial charge in [-0.1, -0.05) is 13.0 Å². The van der Waals surface area contributed by atoms with Gasteiger partial charge in [0.2, 0.25) is 0 Å². The quantitative estimate of drug-likeness (QED) is 0.653. The number of nitrogens with one attached hydrogen (secondary N) is 1. The number of hydrogen-bond acceptors (Lipinski definition) is 2. The van der Waals surface area contributed by atoms with Crippen molar-refractivity contribution in [3.05, 3.63) is 35.4 Å². The van der Waals surface area contributed by atoms with Crippen LogP contribution >= 0.6 is 0 Å². The van der Waals surface area contributed by atoms with Crippen LogP contribution in [0.15, 0.2) is 18.2 Å². The van der Waals surface area contributed by atoms with Crippen LogP contribution < -0.4 is 5.73 Å². The molecule has 0 spiro atoms. The van der Waals surface area contributed by atoms with Crippen molar-refractivity contribution < 1.29 is 8.78 Å². The Balaban J connectivity index is 2.02. The molecular weight excluding hydrogens is 248 g/mol. The first-order chi connectivity index (χ1) is 8.92. The fraction of sp³-hybridized carbons (Fsp3) is 0.500. The lowest BCUT2D eigenvalue weighted by molar-refractivity contribution is 0.153. The van der Waals surface area contributed by atoms with Gasteiger partial charge in [-0.25, -0.2) is 8.78 Å². The average molecular weight is 267 g/mol. The Labute approximate surface area is 111 Å². The van der Waals surface area contributed by atoms with Gasteiger partial charge in [-0.05, 0) is 38.1 Å². The van der Waals surface area contributed by atoms with Crippen LogP contribution in [0.2, 0.25) is 0 Å². The summed E-state index contributed by atoms with van der Waals surface area (Å²) in [5.41, 5.74) is 5.44. The lowest BCUT2D eigenvalue weighted by atomic mass is 9.79. The Morgan fingerprint density at radius 2 is 1.84 bits per heavy atom. The molecule has 104 valence electrons. The first kappa shape index (κ1) is 13.9. The molecule has 3 nitrogen and oxygen atoms in total. The molecule has 0 unspecified atom stereocenters. The number of likely N-dealkylation sites (tertiary alicyclic amines) is 1. The Morgan fingerprint density at radius 1 is 1.32 bits per heavy atom. The normalized spacial score (nSPS) is 19.3. The molecule has 0 amide bonds. The van der Waals surface area contributed by atoms with Crippen LogP contribution in [0.3, 0.4) is 0 Å². The molecule has 1 aromatic rings. The zero-order valence-electron chi connectivity index (χ0n) is 11.0. The monoisotopic (exact) mass is 267 g/mol. The van der Waals surface area contributed by atoms with E-state index in [2.05, 4.69) is 0 Å². The van der Waals surface area contributed by atoms with E-state index in [9.17, 15) is 8.78 Å². The fourth-order valence-electron chi connectivity index (χ4n) is 2.38. The number of nitrogens with zero attached hydrogens (tertiary/aromatic N) is 1. The van der Waals surface area contributed by atoms with E-state index >= 15 is 0 Å². The van der Waals surface area contributed by atoms with Crippen molar-refractivity contribution >= 4 is 5.84 Å². The van der Waals surface area contributed by atoms with Crippen molar-refractivity contribution in [1.29, 1.82) is 5.41 Å². The van der Waals surface area contributed by atoms with Gasteiger partial charge in [0, 0.05) is 17.5 Å². The number of amidine groups is 1. The second kappa shape index (κ2) is 5.25. The molecule has 0 saturated carbocycles. The lowest BCUT2D eigenvalue weighted by Crippen LogP contribution is -2.44. The molecule has 0 aliphatic carbocycles. The van der Waals surface area contributed by atoms with Gasteiger partial charge in [0.1, 0.15) is 11.6 Å². The maximum absolute atomic E-state index is 13.6. The van der Waals surface area contributed by atoms with E-state index in [1.165, 1.54) is 18.2 Å². The van der Waals surface area contributed by atoms with E-state index in [1.807, 2.05) is 11.8 Å². The summed E-state index contributed by atoms with van der Waals surface area (Å²) in [7, 11) is 0. The summed E-state index contributed by atoms with van der Waals surface area (Å²) in [4.78, 5) is 2.01. The minimum atomic E-state index is -0.500. The molecule has 0 radical (unpaired) electrons. The zero-order valence-corrected chi connectivity index (χ0v) is 11.0. The molecule has 1 saturated heterocycles. The third-order valence-electron chi connectivity index (χ3n) is 4.05. The standard InChI is InChI=1S/C14H19F2N3/c1-14(13(17)18)5-7-19(8-6-14)9-10-11(15)3-2-4-12(10)16/h2-4H,5-9H2,1H3,(H3,17,18). The highest BCUT2D eigenvalue weighted by Crippen LogP contribution is 2.31. The molecule has 5 heteroatoms. The Hall–Kier alpha value is -1.49. The van der Waals surface area contributed by atoms with E-state index in [0.717, 1.165) is 12.8 Å². The van der Waals surface area contributed by atoms with Crippen molar-refractivity contribution in [2.45, 2.75) is 26.3 Å². The van der Waals surface area contributed by atoms with Crippen LogP contribution in [-0.2, 0) is 6.54 Å². The minimum Gasteiger partial charge on any atom is -0.387 e. The molecule has 1 fully saturated rings. The van der Waals surface area contributed by atoms with Gasteiger partial charge in [0.25, 0.3) is 0 Å². The molecule has 1 aliphatic heterocycles. The maximum Gasteiger partial charge on any atom is 0.130 e.